The zero-order valence-corrected chi connectivity index (χ0v) is 12.3. The van der Waals surface area contributed by atoms with Crippen molar-refractivity contribution >= 4 is 34.3 Å². The second-order valence-corrected chi connectivity index (χ2v) is 5.50. The normalized spacial score (nSPS) is 17.6. The second kappa shape index (κ2) is 6.57. The molecule has 1 fully saturated rings. The fourth-order valence-electron chi connectivity index (χ4n) is 2.10. The Hall–Kier alpha value is -2.09. The van der Waals surface area contributed by atoms with Crippen molar-refractivity contribution < 1.29 is 24.2 Å². The molecule has 2 heterocycles. The Morgan fingerprint density at radius 2 is 2.29 bits per heavy atom. The lowest BCUT2D eigenvalue weighted by atomic mass is 10.1. The summed E-state index contributed by atoms with van der Waals surface area (Å²) in [5.74, 6) is -1.91. The van der Waals surface area contributed by atoms with Gasteiger partial charge in [0.1, 0.15) is 5.00 Å². The first-order chi connectivity index (χ1) is 10.0. The van der Waals surface area contributed by atoms with Crippen LogP contribution in [0, 0.1) is 5.92 Å². The van der Waals surface area contributed by atoms with Crippen molar-refractivity contribution in [3.63, 3.8) is 0 Å². The molecule has 2 amide bonds. The lowest BCUT2D eigenvalue weighted by Gasteiger charge is -2.16. The Kier molecular flexibility index (Phi) is 4.79. The number of carbonyl (C=O) groups excluding carboxylic acids is 2. The molecule has 8 heteroatoms. The summed E-state index contributed by atoms with van der Waals surface area (Å²) in [5.41, 5.74) is 0.309. The summed E-state index contributed by atoms with van der Waals surface area (Å²) in [6, 6.07) is 1.19. The molecule has 0 aliphatic carbocycles. The van der Waals surface area contributed by atoms with Gasteiger partial charge in [-0.25, -0.2) is 9.59 Å². The van der Waals surface area contributed by atoms with Crippen LogP contribution in [-0.2, 0) is 9.53 Å². The first-order valence-electron chi connectivity index (χ1n) is 6.56. The summed E-state index contributed by atoms with van der Waals surface area (Å²) in [4.78, 5) is 36.1. The van der Waals surface area contributed by atoms with Crippen molar-refractivity contribution in [1.82, 2.24) is 4.90 Å². The van der Waals surface area contributed by atoms with E-state index in [9.17, 15) is 14.4 Å². The van der Waals surface area contributed by atoms with Gasteiger partial charge in [0, 0.05) is 13.1 Å². The SMILES string of the molecule is CCOC(=O)c1ccsc1NC(=O)N1CCC(C(=O)O)C1. The van der Waals surface area contributed by atoms with E-state index >= 15 is 0 Å². The summed E-state index contributed by atoms with van der Waals surface area (Å²) >= 11 is 1.22. The molecule has 1 saturated heterocycles. The van der Waals surface area contributed by atoms with Crippen LogP contribution in [-0.4, -0.2) is 47.7 Å². The number of carboxylic acid groups (broad SMARTS) is 1. The van der Waals surface area contributed by atoms with Crippen molar-refractivity contribution in [3.05, 3.63) is 17.0 Å². The number of esters is 1. The average Bonchev–Trinajstić information content (AvgIpc) is 3.07. The van der Waals surface area contributed by atoms with E-state index in [2.05, 4.69) is 5.32 Å². The number of nitrogens with zero attached hydrogens (tertiary/aromatic N) is 1. The number of anilines is 1. The Morgan fingerprint density at radius 1 is 1.52 bits per heavy atom. The summed E-state index contributed by atoms with van der Waals surface area (Å²) < 4.78 is 4.91. The number of aliphatic carboxylic acids is 1. The van der Waals surface area contributed by atoms with Crippen molar-refractivity contribution in [3.8, 4) is 0 Å². The van der Waals surface area contributed by atoms with E-state index in [0.29, 0.717) is 23.5 Å². The number of amides is 2. The molecule has 1 aliphatic heterocycles. The fourth-order valence-corrected chi connectivity index (χ4v) is 2.86. The molecule has 1 aromatic heterocycles. The standard InChI is InChI=1S/C13H16N2O5S/c1-2-20-12(18)9-4-6-21-10(9)14-13(19)15-5-3-8(7-15)11(16)17/h4,6,8H,2-3,5,7H2,1H3,(H,14,19)(H,16,17). The van der Waals surface area contributed by atoms with Gasteiger partial charge in [-0.15, -0.1) is 11.3 Å². The first kappa shape index (κ1) is 15.3. The maximum Gasteiger partial charge on any atom is 0.341 e. The second-order valence-electron chi connectivity index (χ2n) is 4.58. The van der Waals surface area contributed by atoms with Crippen LogP contribution in [0.1, 0.15) is 23.7 Å². The number of carbonyl (C=O) groups is 3. The Morgan fingerprint density at radius 3 is 2.90 bits per heavy atom. The van der Waals surface area contributed by atoms with E-state index in [1.54, 1.807) is 18.4 Å². The number of hydrogen-bond acceptors (Lipinski definition) is 5. The highest BCUT2D eigenvalue weighted by atomic mass is 32.1. The number of thiophene rings is 1. The minimum atomic E-state index is -0.895. The molecule has 0 saturated carbocycles. The van der Waals surface area contributed by atoms with Crippen molar-refractivity contribution in [2.24, 2.45) is 5.92 Å². The van der Waals surface area contributed by atoms with Gasteiger partial charge in [-0.3, -0.25) is 10.1 Å². The predicted octanol–water partition coefficient (Wildman–Crippen LogP) is 1.86. The van der Waals surface area contributed by atoms with Crippen LogP contribution in [0.25, 0.3) is 0 Å². The Labute approximate surface area is 125 Å². The first-order valence-corrected chi connectivity index (χ1v) is 7.44. The molecular formula is C13H16N2O5S. The Balaban J connectivity index is 1.99. The van der Waals surface area contributed by atoms with E-state index in [1.807, 2.05) is 0 Å². The predicted molar refractivity (Wildman–Crippen MR) is 76.6 cm³/mol. The largest absolute Gasteiger partial charge is 0.481 e. The molecule has 1 unspecified atom stereocenters. The summed E-state index contributed by atoms with van der Waals surface area (Å²) in [7, 11) is 0. The van der Waals surface area contributed by atoms with Gasteiger partial charge in [-0.1, -0.05) is 0 Å². The van der Waals surface area contributed by atoms with Gasteiger partial charge in [-0.05, 0) is 24.8 Å². The maximum absolute atomic E-state index is 12.1. The monoisotopic (exact) mass is 312 g/mol. The minimum Gasteiger partial charge on any atom is -0.481 e. The summed E-state index contributed by atoms with van der Waals surface area (Å²) in [6.07, 6.45) is 0.442. The molecule has 2 rings (SSSR count). The van der Waals surface area contributed by atoms with Gasteiger partial charge in [0.2, 0.25) is 0 Å². The number of rotatable bonds is 4. The topological polar surface area (TPSA) is 95.9 Å². The van der Waals surface area contributed by atoms with E-state index in [0.717, 1.165) is 0 Å². The molecule has 1 aliphatic rings. The smallest absolute Gasteiger partial charge is 0.341 e. The quantitative estimate of drug-likeness (QED) is 0.827. The zero-order valence-electron chi connectivity index (χ0n) is 11.5. The summed E-state index contributed by atoms with van der Waals surface area (Å²) in [5, 5.41) is 13.7. The third-order valence-corrected chi connectivity index (χ3v) is 4.04. The van der Waals surface area contributed by atoms with Gasteiger partial charge < -0.3 is 14.7 Å². The molecule has 2 N–H and O–H groups in total. The van der Waals surface area contributed by atoms with Gasteiger partial charge in [0.25, 0.3) is 0 Å². The van der Waals surface area contributed by atoms with Crippen LogP contribution >= 0.6 is 11.3 Å². The van der Waals surface area contributed by atoms with Crippen LogP contribution in [0.2, 0.25) is 0 Å². The molecule has 1 atom stereocenters. The van der Waals surface area contributed by atoms with E-state index in [4.69, 9.17) is 9.84 Å². The van der Waals surface area contributed by atoms with Crippen molar-refractivity contribution in [1.29, 1.82) is 0 Å². The number of ether oxygens (including phenoxy) is 1. The molecule has 7 nitrogen and oxygen atoms in total. The fraction of sp³-hybridized carbons (Fsp3) is 0.462. The minimum absolute atomic E-state index is 0.182. The third-order valence-electron chi connectivity index (χ3n) is 3.21. The number of urea groups is 1. The molecule has 0 spiro atoms. The van der Waals surface area contributed by atoms with Crippen LogP contribution in [0.4, 0.5) is 9.80 Å². The molecule has 1 aromatic rings. The summed E-state index contributed by atoms with van der Waals surface area (Å²) in [6.45, 7) is 2.54. The van der Waals surface area contributed by atoms with Crippen LogP contribution < -0.4 is 5.32 Å². The van der Waals surface area contributed by atoms with Gasteiger partial charge in [-0.2, -0.15) is 0 Å². The van der Waals surface area contributed by atoms with Gasteiger partial charge >= 0.3 is 18.0 Å². The maximum atomic E-state index is 12.1. The van der Waals surface area contributed by atoms with E-state index in [-0.39, 0.29) is 13.2 Å². The molecule has 114 valence electrons. The van der Waals surface area contributed by atoms with Crippen LogP contribution in [0.3, 0.4) is 0 Å². The highest BCUT2D eigenvalue weighted by Crippen LogP contribution is 2.25. The third kappa shape index (κ3) is 3.52. The Bertz CT molecular complexity index is 557. The zero-order chi connectivity index (χ0) is 15.4. The number of carboxylic acids is 1. The van der Waals surface area contributed by atoms with E-state index < -0.39 is 23.9 Å². The molecular weight excluding hydrogens is 296 g/mol. The molecule has 0 bridgehead atoms. The number of hydrogen-bond donors (Lipinski definition) is 2. The lowest BCUT2D eigenvalue weighted by Crippen LogP contribution is -2.34. The average molecular weight is 312 g/mol. The van der Waals surface area contributed by atoms with Crippen LogP contribution in [0.15, 0.2) is 11.4 Å². The lowest BCUT2D eigenvalue weighted by molar-refractivity contribution is -0.141. The van der Waals surface area contributed by atoms with Crippen molar-refractivity contribution in [2.75, 3.05) is 25.0 Å². The molecule has 0 radical (unpaired) electrons. The molecule has 21 heavy (non-hydrogen) atoms. The van der Waals surface area contributed by atoms with Gasteiger partial charge in [0.05, 0.1) is 18.1 Å². The van der Waals surface area contributed by atoms with E-state index in [1.165, 1.54) is 16.2 Å². The highest BCUT2D eigenvalue weighted by molar-refractivity contribution is 7.14. The number of likely N-dealkylation sites (tertiary alicyclic amines) is 1. The van der Waals surface area contributed by atoms with Crippen LogP contribution in [0.5, 0.6) is 0 Å². The van der Waals surface area contributed by atoms with Gasteiger partial charge in [0.15, 0.2) is 0 Å². The molecule has 0 aromatic carbocycles. The number of nitrogens with one attached hydrogen (secondary N) is 1. The van der Waals surface area contributed by atoms with Crippen molar-refractivity contribution in [2.45, 2.75) is 13.3 Å². The highest BCUT2D eigenvalue weighted by Gasteiger charge is 2.31.